The van der Waals surface area contributed by atoms with Crippen LogP contribution in [0.25, 0.3) is 0 Å². The Morgan fingerprint density at radius 2 is 1.86 bits per heavy atom. The molecule has 0 heterocycles. The molecule has 116 valence electrons. The molecule has 2 aromatic carbocycles. The van der Waals surface area contributed by atoms with Crippen molar-refractivity contribution in [2.24, 2.45) is 0 Å². The van der Waals surface area contributed by atoms with Gasteiger partial charge in [0.1, 0.15) is 5.75 Å². The number of hydrogen-bond donors (Lipinski definition) is 1. The van der Waals surface area contributed by atoms with E-state index in [1.165, 1.54) is 5.56 Å². The average molecular weight is 297 g/mol. The highest BCUT2D eigenvalue weighted by Gasteiger charge is 2.15. The third-order valence-electron chi connectivity index (χ3n) is 3.57. The second-order valence-corrected chi connectivity index (χ2v) is 5.56. The van der Waals surface area contributed by atoms with Crippen molar-refractivity contribution in [3.05, 3.63) is 65.2 Å². The Kier molecular flexibility index (Phi) is 5.59. The summed E-state index contributed by atoms with van der Waals surface area (Å²) in [6.45, 7) is 6.38. The number of rotatable bonds is 6. The molecule has 0 aliphatic rings. The van der Waals surface area contributed by atoms with E-state index in [0.717, 1.165) is 23.3 Å². The minimum Gasteiger partial charge on any atom is -0.481 e. The predicted octanol–water partition coefficient (Wildman–Crippen LogP) is 3.43. The van der Waals surface area contributed by atoms with Crippen molar-refractivity contribution in [3.8, 4) is 5.75 Å². The van der Waals surface area contributed by atoms with E-state index in [1.54, 1.807) is 6.92 Å². The smallest absolute Gasteiger partial charge is 0.260 e. The Bertz CT molecular complexity index is 623. The summed E-state index contributed by atoms with van der Waals surface area (Å²) in [5, 5.41) is 2.92. The number of benzene rings is 2. The molecule has 1 N–H and O–H groups in total. The molecule has 0 unspecified atom stereocenters. The van der Waals surface area contributed by atoms with Crippen LogP contribution in [-0.4, -0.2) is 18.6 Å². The first-order chi connectivity index (χ1) is 10.6. The van der Waals surface area contributed by atoms with E-state index in [0.29, 0.717) is 6.54 Å². The zero-order valence-corrected chi connectivity index (χ0v) is 13.4. The molecule has 1 amide bonds. The molecular weight excluding hydrogens is 274 g/mol. The largest absolute Gasteiger partial charge is 0.481 e. The van der Waals surface area contributed by atoms with Crippen molar-refractivity contribution in [2.45, 2.75) is 33.3 Å². The van der Waals surface area contributed by atoms with Gasteiger partial charge >= 0.3 is 0 Å². The SMILES string of the molecule is Cc1ccc(C)c(O[C@H](C)C(=O)NCCc2ccccc2)c1. The third-order valence-corrected chi connectivity index (χ3v) is 3.57. The van der Waals surface area contributed by atoms with Gasteiger partial charge in [0.25, 0.3) is 5.91 Å². The molecule has 2 aromatic rings. The standard InChI is InChI=1S/C19H23NO2/c1-14-9-10-15(2)18(13-14)22-16(3)19(21)20-12-11-17-7-5-4-6-8-17/h4-10,13,16H,11-12H2,1-3H3,(H,20,21)/t16-/m1/s1. The number of amides is 1. The molecule has 0 radical (unpaired) electrons. The van der Waals surface area contributed by atoms with Crippen molar-refractivity contribution in [1.29, 1.82) is 0 Å². The van der Waals surface area contributed by atoms with Gasteiger partial charge in [0.2, 0.25) is 0 Å². The molecule has 0 aliphatic heterocycles. The first-order valence-corrected chi connectivity index (χ1v) is 7.62. The van der Waals surface area contributed by atoms with E-state index in [-0.39, 0.29) is 5.91 Å². The normalized spacial score (nSPS) is 11.8. The topological polar surface area (TPSA) is 38.3 Å². The summed E-state index contributed by atoms with van der Waals surface area (Å²) < 4.78 is 5.78. The summed E-state index contributed by atoms with van der Waals surface area (Å²) in [4.78, 5) is 12.1. The quantitative estimate of drug-likeness (QED) is 0.887. The van der Waals surface area contributed by atoms with Crippen molar-refractivity contribution >= 4 is 5.91 Å². The highest BCUT2D eigenvalue weighted by molar-refractivity contribution is 5.80. The van der Waals surface area contributed by atoms with Crippen molar-refractivity contribution in [2.75, 3.05) is 6.54 Å². The van der Waals surface area contributed by atoms with Crippen molar-refractivity contribution in [1.82, 2.24) is 5.32 Å². The Hall–Kier alpha value is -2.29. The molecular formula is C19H23NO2. The second-order valence-electron chi connectivity index (χ2n) is 5.56. The van der Waals surface area contributed by atoms with Crippen LogP contribution in [0.2, 0.25) is 0 Å². The molecule has 3 heteroatoms. The number of carbonyl (C=O) groups excluding carboxylic acids is 1. The number of hydrogen-bond acceptors (Lipinski definition) is 2. The van der Waals surface area contributed by atoms with Gasteiger partial charge in [-0.3, -0.25) is 4.79 Å². The van der Waals surface area contributed by atoms with E-state index in [1.807, 2.05) is 50.2 Å². The van der Waals surface area contributed by atoms with Gasteiger partial charge in [-0.1, -0.05) is 42.5 Å². The molecule has 0 saturated heterocycles. The van der Waals surface area contributed by atoms with Crippen LogP contribution < -0.4 is 10.1 Å². The van der Waals surface area contributed by atoms with Crippen LogP contribution in [0, 0.1) is 13.8 Å². The number of ether oxygens (including phenoxy) is 1. The molecule has 0 saturated carbocycles. The molecule has 0 fully saturated rings. The molecule has 1 atom stereocenters. The van der Waals surface area contributed by atoms with E-state index in [2.05, 4.69) is 17.4 Å². The Morgan fingerprint density at radius 1 is 1.14 bits per heavy atom. The van der Waals surface area contributed by atoms with Crippen LogP contribution in [-0.2, 0) is 11.2 Å². The zero-order valence-electron chi connectivity index (χ0n) is 13.4. The lowest BCUT2D eigenvalue weighted by atomic mass is 10.1. The Balaban J connectivity index is 1.83. The van der Waals surface area contributed by atoms with Crippen molar-refractivity contribution in [3.63, 3.8) is 0 Å². The first kappa shape index (κ1) is 16.1. The molecule has 22 heavy (non-hydrogen) atoms. The predicted molar refractivity (Wildman–Crippen MR) is 89.2 cm³/mol. The fourth-order valence-corrected chi connectivity index (χ4v) is 2.20. The lowest BCUT2D eigenvalue weighted by Crippen LogP contribution is -2.37. The lowest BCUT2D eigenvalue weighted by molar-refractivity contribution is -0.127. The minimum atomic E-state index is -0.503. The Labute approximate surface area is 132 Å². The maximum atomic E-state index is 12.1. The van der Waals surface area contributed by atoms with Crippen molar-refractivity contribution < 1.29 is 9.53 Å². The summed E-state index contributed by atoms with van der Waals surface area (Å²) in [5.41, 5.74) is 3.37. The number of carbonyl (C=O) groups is 1. The summed E-state index contributed by atoms with van der Waals surface area (Å²) in [5.74, 6) is 0.683. The van der Waals surface area contributed by atoms with E-state index >= 15 is 0 Å². The monoisotopic (exact) mass is 297 g/mol. The zero-order chi connectivity index (χ0) is 15.9. The van der Waals surface area contributed by atoms with Gasteiger partial charge in [-0.15, -0.1) is 0 Å². The van der Waals surface area contributed by atoms with Gasteiger partial charge in [-0.2, -0.15) is 0 Å². The number of aryl methyl sites for hydroxylation is 2. The van der Waals surface area contributed by atoms with Gasteiger partial charge in [-0.25, -0.2) is 0 Å². The second kappa shape index (κ2) is 7.64. The fourth-order valence-electron chi connectivity index (χ4n) is 2.20. The van der Waals surface area contributed by atoms with Gasteiger partial charge in [0.05, 0.1) is 0 Å². The van der Waals surface area contributed by atoms with Crippen LogP contribution in [0.15, 0.2) is 48.5 Å². The van der Waals surface area contributed by atoms with Gasteiger partial charge in [0.15, 0.2) is 6.10 Å². The molecule has 0 bridgehead atoms. The Morgan fingerprint density at radius 3 is 2.59 bits per heavy atom. The summed E-state index contributed by atoms with van der Waals surface area (Å²) in [6.07, 6.45) is 0.319. The van der Waals surface area contributed by atoms with Crippen LogP contribution in [0.1, 0.15) is 23.6 Å². The average Bonchev–Trinajstić information content (AvgIpc) is 2.52. The highest BCUT2D eigenvalue weighted by Crippen LogP contribution is 2.20. The summed E-state index contributed by atoms with van der Waals surface area (Å²) >= 11 is 0. The van der Waals surface area contributed by atoms with E-state index in [4.69, 9.17) is 4.74 Å². The van der Waals surface area contributed by atoms with Gasteiger partial charge < -0.3 is 10.1 Å². The van der Waals surface area contributed by atoms with Crippen LogP contribution in [0.5, 0.6) is 5.75 Å². The highest BCUT2D eigenvalue weighted by atomic mass is 16.5. The first-order valence-electron chi connectivity index (χ1n) is 7.62. The molecule has 0 spiro atoms. The maximum absolute atomic E-state index is 12.1. The summed E-state index contributed by atoms with van der Waals surface area (Å²) in [7, 11) is 0. The molecule has 0 aliphatic carbocycles. The lowest BCUT2D eigenvalue weighted by Gasteiger charge is -2.16. The summed E-state index contributed by atoms with van der Waals surface area (Å²) in [6, 6.07) is 16.1. The van der Waals surface area contributed by atoms with E-state index in [9.17, 15) is 4.79 Å². The minimum absolute atomic E-state index is 0.0863. The molecule has 2 rings (SSSR count). The maximum Gasteiger partial charge on any atom is 0.260 e. The molecule has 3 nitrogen and oxygen atoms in total. The van der Waals surface area contributed by atoms with Gasteiger partial charge in [-0.05, 0) is 49.9 Å². The number of nitrogens with one attached hydrogen (secondary N) is 1. The van der Waals surface area contributed by atoms with Crippen LogP contribution in [0.4, 0.5) is 0 Å². The van der Waals surface area contributed by atoms with E-state index < -0.39 is 6.10 Å². The van der Waals surface area contributed by atoms with Crippen LogP contribution in [0.3, 0.4) is 0 Å². The third kappa shape index (κ3) is 4.62. The molecule has 0 aromatic heterocycles. The van der Waals surface area contributed by atoms with Crippen LogP contribution >= 0.6 is 0 Å². The fraction of sp³-hybridized carbons (Fsp3) is 0.316. The van der Waals surface area contributed by atoms with Gasteiger partial charge in [0, 0.05) is 6.54 Å².